The predicted molar refractivity (Wildman–Crippen MR) is 105 cm³/mol. The minimum Gasteiger partial charge on any atom is -0.493 e. The first-order chi connectivity index (χ1) is 13.3. The zero-order valence-corrected chi connectivity index (χ0v) is 16.7. The Hall–Kier alpha value is -2.61. The summed E-state index contributed by atoms with van der Waals surface area (Å²) in [4.78, 5) is 11.9. The number of amides is 1. The van der Waals surface area contributed by atoms with Gasteiger partial charge in [-0.25, -0.2) is 12.8 Å². The summed E-state index contributed by atoms with van der Waals surface area (Å²) in [7, 11) is -0.477. The number of methoxy groups -OCH3 is 2. The van der Waals surface area contributed by atoms with Crippen LogP contribution in [0, 0.1) is 5.82 Å². The molecule has 0 unspecified atom stereocenters. The van der Waals surface area contributed by atoms with Crippen LogP contribution in [0.15, 0.2) is 42.5 Å². The average Bonchev–Trinajstić information content (AvgIpc) is 2.68. The molecule has 0 atom stereocenters. The Balaban J connectivity index is 1.79. The first-order valence-corrected chi connectivity index (χ1v) is 10.6. The molecular weight excluding hydrogens is 385 g/mol. The number of hydrogen-bond donors (Lipinski definition) is 1. The first-order valence-electron chi connectivity index (χ1n) is 8.76. The number of rotatable bonds is 10. The Kier molecular flexibility index (Phi) is 7.80. The third-order valence-electron chi connectivity index (χ3n) is 4.16. The van der Waals surface area contributed by atoms with E-state index in [1.807, 2.05) is 12.1 Å². The van der Waals surface area contributed by atoms with Crippen LogP contribution in [0.2, 0.25) is 0 Å². The van der Waals surface area contributed by atoms with E-state index < -0.39 is 21.4 Å². The van der Waals surface area contributed by atoms with Gasteiger partial charge >= 0.3 is 0 Å². The number of carbonyl (C=O) groups is 1. The lowest BCUT2D eigenvalue weighted by atomic mass is 10.1. The fourth-order valence-corrected chi connectivity index (χ4v) is 3.99. The van der Waals surface area contributed by atoms with Crippen LogP contribution < -0.4 is 14.8 Å². The van der Waals surface area contributed by atoms with Crippen LogP contribution in [0.1, 0.15) is 17.5 Å². The number of hydrogen-bond acceptors (Lipinski definition) is 5. The third kappa shape index (κ3) is 6.53. The number of nitrogens with one attached hydrogen (secondary N) is 1. The fourth-order valence-electron chi connectivity index (χ4n) is 2.64. The van der Waals surface area contributed by atoms with Gasteiger partial charge in [0.2, 0.25) is 5.91 Å². The Bertz CT molecular complexity index is 915. The third-order valence-corrected chi connectivity index (χ3v) is 5.73. The van der Waals surface area contributed by atoms with Crippen LogP contribution in [0.25, 0.3) is 0 Å². The molecule has 0 aliphatic heterocycles. The Morgan fingerprint density at radius 2 is 1.79 bits per heavy atom. The summed E-state index contributed by atoms with van der Waals surface area (Å²) in [5.74, 6) is -0.453. The summed E-state index contributed by atoms with van der Waals surface area (Å²) in [6, 6.07) is 11.2. The fraction of sp³-hybridized carbons (Fsp3) is 0.350. The number of carbonyl (C=O) groups excluding carboxylic acids is 1. The van der Waals surface area contributed by atoms with Gasteiger partial charge in [-0.2, -0.15) is 0 Å². The quantitative estimate of drug-likeness (QED) is 0.652. The van der Waals surface area contributed by atoms with E-state index in [0.29, 0.717) is 24.5 Å². The highest BCUT2D eigenvalue weighted by Crippen LogP contribution is 2.27. The van der Waals surface area contributed by atoms with Crippen molar-refractivity contribution in [1.29, 1.82) is 0 Å². The van der Waals surface area contributed by atoms with Crippen LogP contribution in [0.4, 0.5) is 4.39 Å². The highest BCUT2D eigenvalue weighted by molar-refractivity contribution is 7.90. The van der Waals surface area contributed by atoms with Gasteiger partial charge in [0.05, 0.1) is 25.7 Å². The van der Waals surface area contributed by atoms with Gasteiger partial charge in [0.25, 0.3) is 0 Å². The summed E-state index contributed by atoms with van der Waals surface area (Å²) < 4.78 is 48.2. The second kappa shape index (κ2) is 10.1. The van der Waals surface area contributed by atoms with Gasteiger partial charge in [-0.15, -0.1) is 0 Å². The summed E-state index contributed by atoms with van der Waals surface area (Å²) in [6.45, 7) is 0.363. The van der Waals surface area contributed by atoms with Crippen LogP contribution in [-0.4, -0.2) is 40.8 Å². The maximum absolute atomic E-state index is 13.6. The molecule has 0 aliphatic rings. The van der Waals surface area contributed by atoms with Crippen molar-refractivity contribution in [3.63, 3.8) is 0 Å². The lowest BCUT2D eigenvalue weighted by molar-refractivity contribution is -0.120. The molecule has 2 aromatic carbocycles. The van der Waals surface area contributed by atoms with Gasteiger partial charge in [-0.3, -0.25) is 4.79 Å². The first kappa shape index (κ1) is 21.7. The van der Waals surface area contributed by atoms with Gasteiger partial charge in [-0.05, 0) is 30.2 Å². The molecule has 1 N–H and O–H groups in total. The average molecular weight is 409 g/mol. The smallest absolute Gasteiger partial charge is 0.221 e. The van der Waals surface area contributed by atoms with Gasteiger partial charge in [-0.1, -0.05) is 24.3 Å². The summed E-state index contributed by atoms with van der Waals surface area (Å²) >= 11 is 0. The SMILES string of the molecule is COc1ccc(CCNC(=O)CCS(=O)(=O)Cc2ccccc2F)cc1OC. The van der Waals surface area contributed by atoms with Crippen LogP contribution in [0.3, 0.4) is 0 Å². The molecule has 2 rings (SSSR count). The van der Waals surface area contributed by atoms with E-state index >= 15 is 0 Å². The van der Waals surface area contributed by atoms with Crippen LogP contribution >= 0.6 is 0 Å². The molecule has 28 heavy (non-hydrogen) atoms. The Labute approximate surface area is 164 Å². The molecule has 0 spiro atoms. The summed E-state index contributed by atoms with van der Waals surface area (Å²) in [5.41, 5.74) is 1.06. The zero-order valence-electron chi connectivity index (χ0n) is 15.9. The minimum absolute atomic E-state index is 0.108. The second-order valence-corrected chi connectivity index (χ2v) is 8.41. The molecule has 0 saturated carbocycles. The number of ether oxygens (including phenoxy) is 2. The van der Waals surface area contributed by atoms with Gasteiger partial charge in [0.1, 0.15) is 5.82 Å². The Morgan fingerprint density at radius 3 is 2.46 bits per heavy atom. The van der Waals surface area contributed by atoms with Crippen molar-refractivity contribution in [3.8, 4) is 11.5 Å². The van der Waals surface area contributed by atoms with Crippen molar-refractivity contribution < 1.29 is 27.1 Å². The van der Waals surface area contributed by atoms with Crippen molar-refractivity contribution in [1.82, 2.24) is 5.32 Å². The molecule has 0 fully saturated rings. The number of sulfone groups is 1. The molecule has 2 aromatic rings. The monoisotopic (exact) mass is 409 g/mol. The largest absolute Gasteiger partial charge is 0.493 e. The molecule has 0 heterocycles. The molecule has 0 saturated heterocycles. The highest BCUT2D eigenvalue weighted by Gasteiger charge is 2.16. The predicted octanol–water partition coefficient (Wildman–Crippen LogP) is 2.51. The van der Waals surface area contributed by atoms with Gasteiger partial charge in [0.15, 0.2) is 21.3 Å². The van der Waals surface area contributed by atoms with E-state index in [1.165, 1.54) is 18.2 Å². The molecule has 8 heteroatoms. The van der Waals surface area contributed by atoms with Crippen molar-refractivity contribution in [3.05, 3.63) is 59.4 Å². The molecule has 1 amide bonds. The number of halogens is 1. The van der Waals surface area contributed by atoms with Gasteiger partial charge < -0.3 is 14.8 Å². The lowest BCUT2D eigenvalue weighted by Gasteiger charge is -2.10. The van der Waals surface area contributed by atoms with Crippen molar-refractivity contribution >= 4 is 15.7 Å². The number of benzene rings is 2. The van der Waals surface area contributed by atoms with Crippen molar-refractivity contribution in [2.24, 2.45) is 0 Å². The van der Waals surface area contributed by atoms with E-state index in [9.17, 15) is 17.6 Å². The molecule has 0 radical (unpaired) electrons. The lowest BCUT2D eigenvalue weighted by Crippen LogP contribution is -2.27. The van der Waals surface area contributed by atoms with E-state index in [-0.39, 0.29) is 23.6 Å². The summed E-state index contributed by atoms with van der Waals surface area (Å²) in [6.07, 6.45) is 0.400. The molecular formula is C20H24FNO5S. The highest BCUT2D eigenvalue weighted by atomic mass is 32.2. The maximum atomic E-state index is 13.6. The molecule has 152 valence electrons. The van der Waals surface area contributed by atoms with Crippen molar-refractivity contribution in [2.75, 3.05) is 26.5 Å². The van der Waals surface area contributed by atoms with E-state index in [0.717, 1.165) is 5.56 Å². The second-order valence-electron chi connectivity index (χ2n) is 6.22. The van der Waals surface area contributed by atoms with E-state index in [4.69, 9.17) is 9.47 Å². The van der Waals surface area contributed by atoms with Crippen LogP contribution in [0.5, 0.6) is 11.5 Å². The van der Waals surface area contributed by atoms with Crippen LogP contribution in [-0.2, 0) is 26.8 Å². The van der Waals surface area contributed by atoms with E-state index in [1.54, 1.807) is 26.4 Å². The van der Waals surface area contributed by atoms with Gasteiger partial charge in [0, 0.05) is 18.5 Å². The molecule has 0 aromatic heterocycles. The molecule has 6 nitrogen and oxygen atoms in total. The van der Waals surface area contributed by atoms with E-state index in [2.05, 4.69) is 5.32 Å². The minimum atomic E-state index is -3.58. The topological polar surface area (TPSA) is 81.7 Å². The maximum Gasteiger partial charge on any atom is 0.221 e. The zero-order chi connectivity index (χ0) is 20.6. The summed E-state index contributed by atoms with van der Waals surface area (Å²) in [5, 5.41) is 2.70. The molecule has 0 aliphatic carbocycles. The van der Waals surface area contributed by atoms with Crippen molar-refractivity contribution in [2.45, 2.75) is 18.6 Å². The Morgan fingerprint density at radius 1 is 1.07 bits per heavy atom. The standard InChI is InChI=1S/C20H24FNO5S/c1-26-18-8-7-15(13-19(18)27-2)9-11-22-20(23)10-12-28(24,25)14-16-5-3-4-6-17(16)21/h3-8,13H,9-12,14H2,1-2H3,(H,22,23). The molecule has 0 bridgehead atoms. The normalized spacial score (nSPS) is 11.1.